The van der Waals surface area contributed by atoms with Gasteiger partial charge in [-0.1, -0.05) is 45.0 Å². The van der Waals surface area contributed by atoms with E-state index in [0.29, 0.717) is 0 Å². The Bertz CT molecular complexity index is 415. The number of rotatable bonds is 1. The Morgan fingerprint density at radius 1 is 1.25 bits per heavy atom. The first kappa shape index (κ1) is 10.3. The lowest BCUT2D eigenvalue weighted by Gasteiger charge is -2.36. The second kappa shape index (κ2) is 3.29. The third-order valence-electron chi connectivity index (χ3n) is 3.55. The van der Waals surface area contributed by atoms with Crippen LogP contribution in [0, 0.1) is 5.92 Å². The molecular weight excluding hydrogens is 204 g/mol. The summed E-state index contributed by atoms with van der Waals surface area (Å²) in [5, 5.41) is 0. The van der Waals surface area contributed by atoms with Crippen LogP contribution in [0.3, 0.4) is 0 Å². The highest BCUT2D eigenvalue weighted by Gasteiger charge is 2.54. The summed E-state index contributed by atoms with van der Waals surface area (Å²) >= 11 is 0. The van der Waals surface area contributed by atoms with Gasteiger partial charge >= 0.3 is 0 Å². The van der Waals surface area contributed by atoms with Gasteiger partial charge in [-0.3, -0.25) is 0 Å². The maximum absolute atomic E-state index is 5.94. The highest BCUT2D eigenvalue weighted by Crippen LogP contribution is 2.51. The molecule has 1 aromatic carbocycles. The smallest absolute Gasteiger partial charge is 0.232 e. The topological polar surface area (TPSA) is 27.7 Å². The molecule has 1 fully saturated rings. The summed E-state index contributed by atoms with van der Waals surface area (Å²) in [6, 6.07) is 8.26. The van der Waals surface area contributed by atoms with E-state index in [4.69, 9.17) is 14.5 Å². The maximum Gasteiger partial charge on any atom is 0.232 e. The average Bonchev–Trinajstić information content (AvgIpc) is 2.70. The number of fused-ring (bicyclic) bond motifs is 4. The van der Waals surface area contributed by atoms with Crippen LogP contribution in [0.5, 0.6) is 0 Å². The van der Waals surface area contributed by atoms with Gasteiger partial charge in [-0.15, -0.1) is 0 Å². The SMILES string of the molecule is CC(C)[C@@]12OO[C@@H](O1)[C@@H](C)c1ccccc12. The Balaban J connectivity index is 2.20. The summed E-state index contributed by atoms with van der Waals surface area (Å²) in [6.45, 7) is 6.26. The predicted molar refractivity (Wildman–Crippen MR) is 58.4 cm³/mol. The van der Waals surface area contributed by atoms with Crippen molar-refractivity contribution in [1.29, 1.82) is 0 Å². The largest absolute Gasteiger partial charge is 0.310 e. The first-order valence-corrected chi connectivity index (χ1v) is 5.77. The van der Waals surface area contributed by atoms with Crippen LogP contribution in [0.4, 0.5) is 0 Å². The van der Waals surface area contributed by atoms with Crippen LogP contribution in [-0.2, 0) is 20.3 Å². The fraction of sp³-hybridized carbons (Fsp3) is 0.538. The summed E-state index contributed by atoms with van der Waals surface area (Å²) in [6.07, 6.45) is -0.280. The van der Waals surface area contributed by atoms with E-state index < -0.39 is 5.79 Å². The molecule has 0 N–H and O–H groups in total. The number of benzene rings is 1. The van der Waals surface area contributed by atoms with E-state index in [1.54, 1.807) is 0 Å². The molecule has 0 unspecified atom stereocenters. The Kier molecular flexibility index (Phi) is 2.11. The van der Waals surface area contributed by atoms with Crippen LogP contribution in [0.1, 0.15) is 37.8 Å². The van der Waals surface area contributed by atoms with Gasteiger partial charge in [0.15, 0.2) is 0 Å². The van der Waals surface area contributed by atoms with Gasteiger partial charge in [0, 0.05) is 17.4 Å². The molecule has 0 amide bonds. The summed E-state index contributed by atoms with van der Waals surface area (Å²) in [4.78, 5) is 10.8. The molecule has 16 heavy (non-hydrogen) atoms. The molecular formula is C13H16O3. The third kappa shape index (κ3) is 1.14. The summed E-state index contributed by atoms with van der Waals surface area (Å²) < 4.78 is 5.94. The quantitative estimate of drug-likeness (QED) is 0.681. The van der Waals surface area contributed by atoms with Crippen LogP contribution in [0.2, 0.25) is 0 Å². The zero-order chi connectivity index (χ0) is 11.3. The molecule has 86 valence electrons. The lowest BCUT2D eigenvalue weighted by atomic mass is 9.83. The van der Waals surface area contributed by atoms with Gasteiger partial charge in [0.1, 0.15) is 0 Å². The van der Waals surface area contributed by atoms with Crippen LogP contribution in [0.25, 0.3) is 0 Å². The summed E-state index contributed by atoms with van der Waals surface area (Å²) in [7, 11) is 0. The van der Waals surface area contributed by atoms with E-state index in [1.807, 2.05) is 12.1 Å². The number of hydrogen-bond acceptors (Lipinski definition) is 3. The molecule has 1 aromatic rings. The maximum atomic E-state index is 5.94. The minimum Gasteiger partial charge on any atom is -0.310 e. The first-order valence-electron chi connectivity index (χ1n) is 5.77. The summed E-state index contributed by atoms with van der Waals surface area (Å²) in [5.74, 6) is -0.287. The highest BCUT2D eigenvalue weighted by atomic mass is 17.3. The van der Waals surface area contributed by atoms with Crippen molar-refractivity contribution in [3.8, 4) is 0 Å². The molecule has 3 atom stereocenters. The standard InChI is InChI=1S/C13H16O3/c1-8(2)13-11-7-5-4-6-10(11)9(3)12(14-13)15-16-13/h4-9,12H,1-3H3/t9-,12+,13-/m0/s1. The van der Waals surface area contributed by atoms with Gasteiger partial charge < -0.3 is 4.74 Å². The Hall–Kier alpha value is -0.900. The Morgan fingerprint density at radius 3 is 2.75 bits per heavy atom. The predicted octanol–water partition coefficient (Wildman–Crippen LogP) is 2.92. The van der Waals surface area contributed by atoms with Crippen molar-refractivity contribution in [1.82, 2.24) is 0 Å². The molecule has 0 aromatic heterocycles. The van der Waals surface area contributed by atoms with Gasteiger partial charge in [0.05, 0.1) is 0 Å². The number of ether oxygens (including phenoxy) is 1. The fourth-order valence-corrected chi connectivity index (χ4v) is 2.53. The summed E-state index contributed by atoms with van der Waals surface area (Å²) in [5.41, 5.74) is 2.37. The molecule has 3 nitrogen and oxygen atoms in total. The molecule has 2 aliphatic heterocycles. The van der Waals surface area contributed by atoms with Crippen molar-refractivity contribution in [2.75, 3.05) is 0 Å². The van der Waals surface area contributed by atoms with Crippen molar-refractivity contribution in [3.05, 3.63) is 35.4 Å². The lowest BCUT2D eigenvalue weighted by molar-refractivity contribution is -0.346. The molecule has 0 saturated carbocycles. The van der Waals surface area contributed by atoms with Crippen molar-refractivity contribution < 1.29 is 14.5 Å². The molecule has 3 rings (SSSR count). The van der Waals surface area contributed by atoms with Crippen molar-refractivity contribution >= 4 is 0 Å². The van der Waals surface area contributed by atoms with Crippen molar-refractivity contribution in [2.45, 2.75) is 38.8 Å². The molecule has 0 radical (unpaired) electrons. The van der Waals surface area contributed by atoms with Gasteiger partial charge in [0.25, 0.3) is 0 Å². The van der Waals surface area contributed by atoms with E-state index in [9.17, 15) is 0 Å². The van der Waals surface area contributed by atoms with E-state index in [2.05, 4.69) is 32.9 Å². The minimum atomic E-state index is -0.715. The molecule has 2 bridgehead atoms. The molecule has 2 heterocycles. The van der Waals surface area contributed by atoms with Crippen molar-refractivity contribution in [3.63, 3.8) is 0 Å². The Labute approximate surface area is 95.2 Å². The zero-order valence-corrected chi connectivity index (χ0v) is 9.77. The average molecular weight is 220 g/mol. The van der Waals surface area contributed by atoms with E-state index in [-0.39, 0.29) is 18.1 Å². The normalized spacial score (nSPS) is 36.5. The highest BCUT2D eigenvalue weighted by molar-refractivity contribution is 5.37. The van der Waals surface area contributed by atoms with Crippen LogP contribution in [-0.4, -0.2) is 6.29 Å². The monoisotopic (exact) mass is 220 g/mol. The molecule has 3 heteroatoms. The van der Waals surface area contributed by atoms with Crippen LogP contribution in [0.15, 0.2) is 24.3 Å². The van der Waals surface area contributed by atoms with Gasteiger partial charge in [0.2, 0.25) is 12.1 Å². The zero-order valence-electron chi connectivity index (χ0n) is 9.77. The fourth-order valence-electron chi connectivity index (χ4n) is 2.53. The lowest BCUT2D eigenvalue weighted by Crippen LogP contribution is -2.39. The Morgan fingerprint density at radius 2 is 2.00 bits per heavy atom. The minimum absolute atomic E-state index is 0.213. The molecule has 1 saturated heterocycles. The van der Waals surface area contributed by atoms with Crippen LogP contribution >= 0.6 is 0 Å². The molecule has 0 spiro atoms. The van der Waals surface area contributed by atoms with Gasteiger partial charge in [-0.25, -0.2) is 4.89 Å². The molecule has 2 aliphatic rings. The van der Waals surface area contributed by atoms with Gasteiger partial charge in [-0.2, -0.15) is 4.89 Å². The second-order valence-corrected chi connectivity index (χ2v) is 4.86. The van der Waals surface area contributed by atoms with Crippen LogP contribution < -0.4 is 0 Å². The first-order chi connectivity index (χ1) is 7.65. The van der Waals surface area contributed by atoms with E-state index in [0.717, 1.165) is 5.56 Å². The molecule has 0 aliphatic carbocycles. The van der Waals surface area contributed by atoms with E-state index in [1.165, 1.54) is 5.56 Å². The van der Waals surface area contributed by atoms with Crippen molar-refractivity contribution in [2.24, 2.45) is 5.92 Å². The van der Waals surface area contributed by atoms with Gasteiger partial charge in [-0.05, 0) is 5.56 Å². The third-order valence-corrected chi connectivity index (χ3v) is 3.55. The van der Waals surface area contributed by atoms with E-state index >= 15 is 0 Å². The second-order valence-electron chi connectivity index (χ2n) is 4.86. The number of hydrogen-bond donors (Lipinski definition) is 0.